The van der Waals surface area contributed by atoms with Gasteiger partial charge in [-0.15, -0.1) is 0 Å². The fourth-order valence-corrected chi connectivity index (χ4v) is 5.85. The first-order chi connectivity index (χ1) is 10.2. The van der Waals surface area contributed by atoms with E-state index in [0.29, 0.717) is 16.7 Å². The molecule has 0 heterocycles. The minimum atomic E-state index is -0.563. The van der Waals surface area contributed by atoms with Crippen molar-refractivity contribution in [3.63, 3.8) is 0 Å². The second-order valence-electron chi connectivity index (χ2n) is 9.49. The van der Waals surface area contributed by atoms with Gasteiger partial charge in [0.1, 0.15) is 0 Å². The first kappa shape index (κ1) is 16.5. The molecule has 3 aliphatic rings. The molecule has 0 aromatic rings. The van der Waals surface area contributed by atoms with Crippen molar-refractivity contribution < 1.29 is 10.2 Å². The molecule has 2 nitrogen and oxygen atoms in total. The molecule has 126 valence electrons. The van der Waals surface area contributed by atoms with Crippen molar-refractivity contribution in [3.05, 3.63) is 11.6 Å². The van der Waals surface area contributed by atoms with Crippen molar-refractivity contribution in [3.8, 4) is 0 Å². The number of aliphatic hydroxyl groups excluding tert-OH is 2. The Morgan fingerprint density at radius 2 is 1.86 bits per heavy atom. The molecule has 5 atom stereocenters. The van der Waals surface area contributed by atoms with Crippen LogP contribution in [0.3, 0.4) is 0 Å². The van der Waals surface area contributed by atoms with Crippen molar-refractivity contribution in [1.29, 1.82) is 0 Å². The van der Waals surface area contributed by atoms with Crippen molar-refractivity contribution >= 4 is 0 Å². The highest BCUT2D eigenvalue weighted by Gasteiger charge is 2.54. The van der Waals surface area contributed by atoms with Gasteiger partial charge in [-0.1, -0.05) is 39.3 Å². The van der Waals surface area contributed by atoms with Crippen LogP contribution in [0, 0.1) is 28.1 Å². The van der Waals surface area contributed by atoms with E-state index in [9.17, 15) is 10.2 Å². The maximum absolute atomic E-state index is 10.3. The highest BCUT2D eigenvalue weighted by Crippen LogP contribution is 2.63. The lowest BCUT2D eigenvalue weighted by atomic mass is 9.46. The Morgan fingerprint density at radius 3 is 2.55 bits per heavy atom. The maximum Gasteiger partial charge on any atom is 0.0824 e. The van der Waals surface area contributed by atoms with Crippen LogP contribution in [-0.4, -0.2) is 22.9 Å². The Balaban J connectivity index is 1.88. The second-order valence-corrected chi connectivity index (χ2v) is 9.49. The van der Waals surface area contributed by atoms with E-state index in [1.54, 1.807) is 5.57 Å². The summed E-state index contributed by atoms with van der Waals surface area (Å²) in [5.74, 6) is 1.43. The van der Waals surface area contributed by atoms with Crippen LogP contribution in [0.1, 0.15) is 72.6 Å². The molecule has 2 fully saturated rings. The summed E-state index contributed by atoms with van der Waals surface area (Å²) < 4.78 is 0. The van der Waals surface area contributed by atoms with Crippen LogP contribution < -0.4 is 0 Å². The Morgan fingerprint density at radius 1 is 1.14 bits per heavy atom. The number of allylic oxidation sites excluding steroid dienone is 2. The number of aliphatic hydroxyl groups is 2. The topological polar surface area (TPSA) is 40.5 Å². The van der Waals surface area contributed by atoms with E-state index in [1.807, 2.05) is 0 Å². The van der Waals surface area contributed by atoms with Crippen LogP contribution in [0.25, 0.3) is 0 Å². The lowest BCUT2D eigenvalue weighted by molar-refractivity contribution is -0.0781. The van der Waals surface area contributed by atoms with Crippen LogP contribution in [-0.2, 0) is 0 Å². The third kappa shape index (κ3) is 2.38. The molecule has 0 unspecified atom stereocenters. The van der Waals surface area contributed by atoms with E-state index < -0.39 is 6.10 Å². The minimum absolute atomic E-state index is 0.0989. The van der Waals surface area contributed by atoms with Gasteiger partial charge in [0.15, 0.2) is 0 Å². The largest absolute Gasteiger partial charge is 0.394 e. The van der Waals surface area contributed by atoms with Gasteiger partial charge < -0.3 is 10.2 Å². The van der Waals surface area contributed by atoms with Crippen molar-refractivity contribution in [1.82, 2.24) is 0 Å². The van der Waals surface area contributed by atoms with Gasteiger partial charge in [0.2, 0.25) is 0 Å². The van der Waals surface area contributed by atoms with E-state index >= 15 is 0 Å². The van der Waals surface area contributed by atoms with Gasteiger partial charge in [-0.2, -0.15) is 0 Å². The molecule has 0 saturated heterocycles. The lowest BCUT2D eigenvalue weighted by Crippen LogP contribution is -2.51. The normalized spacial score (nSPS) is 45.5. The quantitative estimate of drug-likeness (QED) is 0.746. The molecular formula is C20H34O2. The van der Waals surface area contributed by atoms with E-state index in [2.05, 4.69) is 33.8 Å². The molecule has 0 bridgehead atoms. The molecule has 0 radical (unpaired) electrons. The molecule has 0 amide bonds. The van der Waals surface area contributed by atoms with Gasteiger partial charge in [0, 0.05) is 0 Å². The van der Waals surface area contributed by atoms with Crippen molar-refractivity contribution in [2.45, 2.75) is 78.7 Å². The van der Waals surface area contributed by atoms with Crippen molar-refractivity contribution in [2.75, 3.05) is 6.61 Å². The molecule has 3 aliphatic carbocycles. The molecule has 3 rings (SSSR count). The smallest absolute Gasteiger partial charge is 0.0824 e. The summed E-state index contributed by atoms with van der Waals surface area (Å²) in [6.45, 7) is 9.48. The van der Waals surface area contributed by atoms with E-state index in [4.69, 9.17) is 0 Å². The minimum Gasteiger partial charge on any atom is -0.394 e. The Kier molecular flexibility index (Phi) is 4.01. The van der Waals surface area contributed by atoms with E-state index in [0.717, 1.165) is 18.8 Å². The van der Waals surface area contributed by atoms with Crippen LogP contribution in [0.15, 0.2) is 11.6 Å². The Bertz CT molecular complexity index is 466. The molecule has 0 aromatic heterocycles. The molecule has 22 heavy (non-hydrogen) atoms. The van der Waals surface area contributed by atoms with Gasteiger partial charge in [-0.05, 0) is 73.0 Å². The predicted octanol–water partition coefficient (Wildman–Crippen LogP) is 4.31. The highest BCUT2D eigenvalue weighted by molar-refractivity contribution is 5.27. The van der Waals surface area contributed by atoms with Gasteiger partial charge >= 0.3 is 0 Å². The lowest BCUT2D eigenvalue weighted by Gasteiger charge is -2.59. The summed E-state index contributed by atoms with van der Waals surface area (Å²) in [4.78, 5) is 0. The molecule has 2 N–H and O–H groups in total. The SMILES string of the molecule is CC1(C)CCC=C2[C@@H]1CC[C@H]1C[C@@](C)([C@H](O)CO)CC[C@]21C. The van der Waals surface area contributed by atoms with Gasteiger partial charge in [0.25, 0.3) is 0 Å². The second kappa shape index (κ2) is 5.34. The van der Waals surface area contributed by atoms with E-state index in [1.165, 1.54) is 32.1 Å². The average Bonchev–Trinajstić information content (AvgIpc) is 2.47. The molecule has 2 saturated carbocycles. The number of rotatable bonds is 2. The molecule has 0 spiro atoms. The number of fused-ring (bicyclic) bond motifs is 3. The maximum atomic E-state index is 10.3. The third-order valence-electron chi connectivity index (χ3n) is 7.74. The first-order valence-corrected chi connectivity index (χ1v) is 9.22. The zero-order valence-electron chi connectivity index (χ0n) is 14.9. The zero-order valence-corrected chi connectivity index (χ0v) is 14.9. The van der Waals surface area contributed by atoms with Gasteiger partial charge in [-0.25, -0.2) is 0 Å². The fourth-order valence-electron chi connectivity index (χ4n) is 5.85. The molecular weight excluding hydrogens is 272 g/mol. The number of hydrogen-bond donors (Lipinski definition) is 2. The monoisotopic (exact) mass is 306 g/mol. The fraction of sp³-hybridized carbons (Fsp3) is 0.900. The molecule has 0 aliphatic heterocycles. The summed E-state index contributed by atoms with van der Waals surface area (Å²) in [7, 11) is 0. The predicted molar refractivity (Wildman–Crippen MR) is 90.5 cm³/mol. The summed E-state index contributed by atoms with van der Waals surface area (Å²) in [6, 6.07) is 0. The van der Waals surface area contributed by atoms with Crippen LogP contribution in [0.2, 0.25) is 0 Å². The Labute approximate surface area is 136 Å². The summed E-state index contributed by atoms with van der Waals surface area (Å²) in [5.41, 5.74) is 2.41. The summed E-state index contributed by atoms with van der Waals surface area (Å²) in [5, 5.41) is 19.7. The van der Waals surface area contributed by atoms with Gasteiger partial charge in [0.05, 0.1) is 12.7 Å². The van der Waals surface area contributed by atoms with Gasteiger partial charge in [-0.3, -0.25) is 0 Å². The first-order valence-electron chi connectivity index (χ1n) is 9.22. The summed E-state index contributed by atoms with van der Waals surface area (Å²) in [6.07, 6.45) is 10.4. The van der Waals surface area contributed by atoms with Crippen LogP contribution >= 0.6 is 0 Å². The molecule has 2 heteroatoms. The average molecular weight is 306 g/mol. The zero-order chi connectivity index (χ0) is 16.2. The van der Waals surface area contributed by atoms with Crippen molar-refractivity contribution in [2.24, 2.45) is 28.1 Å². The van der Waals surface area contributed by atoms with Crippen LogP contribution in [0.5, 0.6) is 0 Å². The van der Waals surface area contributed by atoms with E-state index in [-0.39, 0.29) is 12.0 Å². The standard InChI is InChI=1S/C20H34O2/c1-18(2)9-5-6-16-15(18)8-7-14-12-19(3,17(22)13-21)10-11-20(14,16)4/h6,14-15,17,21-22H,5,7-13H2,1-4H3/t14-,15-,17+,19-,20-/m0/s1. The highest BCUT2D eigenvalue weighted by atomic mass is 16.3. The third-order valence-corrected chi connectivity index (χ3v) is 7.74. The van der Waals surface area contributed by atoms with Crippen LogP contribution in [0.4, 0.5) is 0 Å². The summed E-state index contributed by atoms with van der Waals surface area (Å²) >= 11 is 0. The number of hydrogen-bond acceptors (Lipinski definition) is 2. The molecule has 0 aromatic carbocycles. The Hall–Kier alpha value is -0.340.